The van der Waals surface area contributed by atoms with Crippen LogP contribution in [-0.2, 0) is 19.4 Å². The van der Waals surface area contributed by atoms with Gasteiger partial charge in [-0.15, -0.1) is 11.8 Å². The molecule has 0 saturated heterocycles. The van der Waals surface area contributed by atoms with E-state index in [9.17, 15) is 4.79 Å². The van der Waals surface area contributed by atoms with Gasteiger partial charge in [-0.25, -0.2) is 4.79 Å². The SMILES string of the molecule is CSc1ccc(OCc2ccccc2)c(CCCc2ccc(C(=O)O)cc2)c1. The first-order chi connectivity index (χ1) is 13.7. The first kappa shape index (κ1) is 20.0. The number of benzene rings is 3. The second kappa shape index (κ2) is 10.00. The molecule has 3 nitrogen and oxygen atoms in total. The minimum absolute atomic E-state index is 0.327. The molecule has 4 heteroatoms. The van der Waals surface area contributed by atoms with Crippen molar-refractivity contribution >= 4 is 17.7 Å². The number of carboxylic acid groups (broad SMARTS) is 1. The summed E-state index contributed by atoms with van der Waals surface area (Å²) in [5, 5.41) is 9.00. The van der Waals surface area contributed by atoms with Gasteiger partial charge in [0.2, 0.25) is 0 Å². The summed E-state index contributed by atoms with van der Waals surface area (Å²) >= 11 is 1.73. The molecule has 0 radical (unpaired) electrons. The van der Waals surface area contributed by atoms with E-state index in [1.807, 2.05) is 30.3 Å². The predicted molar refractivity (Wildman–Crippen MR) is 114 cm³/mol. The molecule has 0 saturated carbocycles. The lowest BCUT2D eigenvalue weighted by atomic mass is 10.0. The van der Waals surface area contributed by atoms with Gasteiger partial charge in [-0.05, 0) is 72.5 Å². The summed E-state index contributed by atoms with van der Waals surface area (Å²) < 4.78 is 6.09. The number of ether oxygens (including phenoxy) is 1. The Labute approximate surface area is 170 Å². The van der Waals surface area contributed by atoms with Crippen molar-refractivity contribution < 1.29 is 14.6 Å². The number of aryl methyl sites for hydroxylation is 2. The third-order valence-corrected chi connectivity index (χ3v) is 5.34. The van der Waals surface area contributed by atoms with Crippen molar-refractivity contribution in [2.24, 2.45) is 0 Å². The molecule has 0 aliphatic carbocycles. The number of carbonyl (C=O) groups is 1. The van der Waals surface area contributed by atoms with Crippen LogP contribution in [-0.4, -0.2) is 17.3 Å². The van der Waals surface area contributed by atoms with E-state index in [4.69, 9.17) is 9.84 Å². The predicted octanol–water partition coefficient (Wildman–Crippen LogP) is 5.86. The van der Waals surface area contributed by atoms with Crippen LogP contribution < -0.4 is 4.74 Å². The monoisotopic (exact) mass is 392 g/mol. The van der Waals surface area contributed by atoms with Crippen molar-refractivity contribution in [2.75, 3.05) is 6.26 Å². The van der Waals surface area contributed by atoms with Gasteiger partial charge in [-0.3, -0.25) is 0 Å². The fourth-order valence-corrected chi connectivity index (χ4v) is 3.52. The van der Waals surface area contributed by atoms with Gasteiger partial charge in [-0.1, -0.05) is 42.5 Å². The summed E-state index contributed by atoms with van der Waals surface area (Å²) in [6, 6.07) is 23.7. The van der Waals surface area contributed by atoms with E-state index in [1.165, 1.54) is 10.5 Å². The fraction of sp³-hybridized carbons (Fsp3) is 0.208. The van der Waals surface area contributed by atoms with E-state index >= 15 is 0 Å². The summed E-state index contributed by atoms with van der Waals surface area (Å²) in [5.74, 6) is 0.0449. The third kappa shape index (κ3) is 5.64. The summed E-state index contributed by atoms with van der Waals surface area (Å²) in [7, 11) is 0. The van der Waals surface area contributed by atoms with Crippen LogP contribution in [0.15, 0.2) is 77.7 Å². The van der Waals surface area contributed by atoms with E-state index in [0.717, 1.165) is 36.1 Å². The summed E-state index contributed by atoms with van der Waals surface area (Å²) in [6.07, 6.45) is 4.88. The molecule has 0 aliphatic heterocycles. The van der Waals surface area contributed by atoms with Crippen LogP contribution in [0.25, 0.3) is 0 Å². The molecular weight excluding hydrogens is 368 g/mol. The lowest BCUT2D eigenvalue weighted by molar-refractivity contribution is 0.0697. The molecule has 3 rings (SSSR count). The Kier molecular flexibility index (Phi) is 7.15. The zero-order valence-corrected chi connectivity index (χ0v) is 16.7. The standard InChI is InChI=1S/C24H24O3S/c1-28-22-14-15-23(27-17-19-6-3-2-4-7-19)21(16-22)9-5-8-18-10-12-20(13-11-18)24(25)26/h2-4,6-7,10-16H,5,8-9,17H2,1H3,(H,25,26). The molecule has 0 spiro atoms. The first-order valence-electron chi connectivity index (χ1n) is 9.31. The summed E-state index contributed by atoms with van der Waals surface area (Å²) in [6.45, 7) is 0.559. The molecule has 3 aromatic carbocycles. The van der Waals surface area contributed by atoms with E-state index < -0.39 is 5.97 Å². The van der Waals surface area contributed by atoms with Crippen LogP contribution in [0.1, 0.15) is 33.5 Å². The van der Waals surface area contributed by atoms with Crippen LogP contribution >= 0.6 is 11.8 Å². The highest BCUT2D eigenvalue weighted by atomic mass is 32.2. The van der Waals surface area contributed by atoms with Gasteiger partial charge in [0.1, 0.15) is 12.4 Å². The Bertz CT molecular complexity index is 905. The lowest BCUT2D eigenvalue weighted by Gasteiger charge is -2.13. The molecule has 1 N–H and O–H groups in total. The molecule has 0 amide bonds. The molecule has 0 bridgehead atoms. The highest BCUT2D eigenvalue weighted by Gasteiger charge is 2.07. The maximum Gasteiger partial charge on any atom is 0.335 e. The van der Waals surface area contributed by atoms with Gasteiger partial charge in [0.15, 0.2) is 0 Å². The highest BCUT2D eigenvalue weighted by Crippen LogP contribution is 2.27. The van der Waals surface area contributed by atoms with Crippen molar-refractivity contribution in [1.82, 2.24) is 0 Å². The second-order valence-electron chi connectivity index (χ2n) is 6.60. The Hall–Kier alpha value is -2.72. The average molecular weight is 393 g/mol. The van der Waals surface area contributed by atoms with Gasteiger partial charge in [-0.2, -0.15) is 0 Å². The van der Waals surface area contributed by atoms with Gasteiger partial charge in [0.05, 0.1) is 5.56 Å². The maximum absolute atomic E-state index is 11.0. The number of aromatic carboxylic acids is 1. The van der Waals surface area contributed by atoms with Gasteiger partial charge in [0.25, 0.3) is 0 Å². The summed E-state index contributed by atoms with van der Waals surface area (Å²) in [4.78, 5) is 12.2. The second-order valence-corrected chi connectivity index (χ2v) is 7.48. The van der Waals surface area contributed by atoms with Crippen LogP contribution in [0.3, 0.4) is 0 Å². The minimum atomic E-state index is -0.888. The number of hydrogen-bond donors (Lipinski definition) is 1. The molecule has 0 aliphatic rings. The Balaban J connectivity index is 1.63. The quantitative estimate of drug-likeness (QED) is 0.463. The first-order valence-corrected chi connectivity index (χ1v) is 10.5. The van der Waals surface area contributed by atoms with Crippen molar-refractivity contribution in [3.63, 3.8) is 0 Å². The molecule has 28 heavy (non-hydrogen) atoms. The largest absolute Gasteiger partial charge is 0.489 e. The summed E-state index contributed by atoms with van der Waals surface area (Å²) in [5.41, 5.74) is 3.84. The minimum Gasteiger partial charge on any atom is -0.489 e. The van der Waals surface area contributed by atoms with Crippen molar-refractivity contribution in [1.29, 1.82) is 0 Å². The zero-order chi connectivity index (χ0) is 19.8. The molecule has 0 heterocycles. The topological polar surface area (TPSA) is 46.5 Å². The lowest BCUT2D eigenvalue weighted by Crippen LogP contribution is -2.00. The van der Waals surface area contributed by atoms with Crippen LogP contribution in [0, 0.1) is 0 Å². The highest BCUT2D eigenvalue weighted by molar-refractivity contribution is 7.98. The van der Waals surface area contributed by atoms with Gasteiger partial charge in [0, 0.05) is 4.90 Å². The number of carboxylic acids is 1. The number of rotatable bonds is 9. The van der Waals surface area contributed by atoms with E-state index in [-0.39, 0.29) is 0 Å². The number of thioether (sulfide) groups is 1. The number of hydrogen-bond acceptors (Lipinski definition) is 3. The van der Waals surface area contributed by atoms with Crippen molar-refractivity contribution in [3.8, 4) is 5.75 Å². The van der Waals surface area contributed by atoms with E-state index in [0.29, 0.717) is 12.2 Å². The van der Waals surface area contributed by atoms with Crippen LogP contribution in [0.5, 0.6) is 5.75 Å². The van der Waals surface area contributed by atoms with Gasteiger partial charge >= 0.3 is 5.97 Å². The van der Waals surface area contributed by atoms with E-state index in [1.54, 1.807) is 23.9 Å². The average Bonchev–Trinajstić information content (AvgIpc) is 2.74. The smallest absolute Gasteiger partial charge is 0.335 e. The van der Waals surface area contributed by atoms with Crippen LogP contribution in [0.4, 0.5) is 0 Å². The molecule has 0 atom stereocenters. The Morgan fingerprint density at radius 3 is 2.36 bits per heavy atom. The Morgan fingerprint density at radius 1 is 0.929 bits per heavy atom. The van der Waals surface area contributed by atoms with Gasteiger partial charge < -0.3 is 9.84 Å². The van der Waals surface area contributed by atoms with Crippen molar-refractivity contribution in [3.05, 3.63) is 95.1 Å². The third-order valence-electron chi connectivity index (χ3n) is 4.62. The zero-order valence-electron chi connectivity index (χ0n) is 15.9. The van der Waals surface area contributed by atoms with Crippen molar-refractivity contribution in [2.45, 2.75) is 30.8 Å². The normalized spacial score (nSPS) is 10.6. The molecule has 0 aromatic heterocycles. The molecular formula is C24H24O3S. The molecule has 3 aromatic rings. The molecule has 144 valence electrons. The Morgan fingerprint density at radius 2 is 1.68 bits per heavy atom. The van der Waals surface area contributed by atoms with Crippen LogP contribution in [0.2, 0.25) is 0 Å². The van der Waals surface area contributed by atoms with E-state index in [2.05, 4.69) is 36.6 Å². The maximum atomic E-state index is 11.0. The fourth-order valence-electron chi connectivity index (χ4n) is 3.05. The molecule has 0 fully saturated rings. The molecule has 0 unspecified atom stereocenters.